The van der Waals surface area contributed by atoms with Crippen molar-refractivity contribution in [1.82, 2.24) is 14.9 Å². The van der Waals surface area contributed by atoms with Gasteiger partial charge in [0.1, 0.15) is 23.7 Å². The highest BCUT2D eigenvalue weighted by molar-refractivity contribution is 5.93. The number of primary amides is 1. The van der Waals surface area contributed by atoms with Crippen LogP contribution in [0.2, 0.25) is 0 Å². The third-order valence-electron chi connectivity index (χ3n) is 5.26. The Bertz CT molecular complexity index is 1160. The molecule has 33 heavy (non-hydrogen) atoms. The second-order valence-electron chi connectivity index (χ2n) is 7.93. The minimum Gasteiger partial charge on any atom is -0.508 e. The van der Waals surface area contributed by atoms with Crippen LogP contribution in [-0.4, -0.2) is 60.2 Å². The van der Waals surface area contributed by atoms with Crippen LogP contribution in [-0.2, 0) is 4.79 Å². The lowest BCUT2D eigenvalue weighted by Crippen LogP contribution is -2.33. The number of aromatic nitrogens is 2. The number of ether oxygens (including phenoxy) is 2. The molecule has 176 valence electrons. The average molecular weight is 458 g/mol. The first kappa shape index (κ1) is 24.0. The van der Waals surface area contributed by atoms with Crippen molar-refractivity contribution in [1.29, 1.82) is 0 Å². The van der Waals surface area contributed by atoms with E-state index in [4.69, 9.17) is 15.2 Å². The number of halogens is 1. The number of hydrogen-bond donors (Lipinski definition) is 3. The summed E-state index contributed by atoms with van der Waals surface area (Å²) in [6.07, 6.45) is 1.79. The van der Waals surface area contributed by atoms with Gasteiger partial charge in [0.2, 0.25) is 5.91 Å². The SMILES string of the molecule is COc1cc2c(Nc3c(F)ccc(O)c3C)ncnc2cc1OCCC(CN(C)C)C(N)=O. The Balaban J connectivity index is 1.87. The number of nitrogens with zero attached hydrogens (tertiary/aromatic N) is 3. The minimum atomic E-state index is -0.522. The maximum atomic E-state index is 14.4. The van der Waals surface area contributed by atoms with E-state index in [1.165, 1.54) is 25.6 Å². The number of fused-ring (bicyclic) bond motifs is 1. The fourth-order valence-electron chi connectivity index (χ4n) is 3.45. The van der Waals surface area contributed by atoms with Gasteiger partial charge in [0.25, 0.3) is 0 Å². The molecule has 0 aliphatic heterocycles. The fraction of sp³-hybridized carbons (Fsp3) is 0.348. The number of phenols is 1. The molecule has 4 N–H and O–H groups in total. The molecule has 0 aliphatic carbocycles. The number of nitrogens with one attached hydrogen (secondary N) is 1. The number of amides is 1. The predicted molar refractivity (Wildman–Crippen MR) is 124 cm³/mol. The molecule has 3 aromatic rings. The molecule has 1 heterocycles. The largest absolute Gasteiger partial charge is 0.508 e. The van der Waals surface area contributed by atoms with Crippen LogP contribution in [0.15, 0.2) is 30.6 Å². The highest BCUT2D eigenvalue weighted by Gasteiger charge is 2.18. The van der Waals surface area contributed by atoms with Gasteiger partial charge in [-0.2, -0.15) is 0 Å². The van der Waals surface area contributed by atoms with E-state index in [9.17, 15) is 14.3 Å². The van der Waals surface area contributed by atoms with Crippen molar-refractivity contribution in [3.63, 3.8) is 0 Å². The van der Waals surface area contributed by atoms with Crippen LogP contribution in [0.1, 0.15) is 12.0 Å². The van der Waals surface area contributed by atoms with Crippen LogP contribution in [0.5, 0.6) is 17.2 Å². The monoisotopic (exact) mass is 457 g/mol. The lowest BCUT2D eigenvalue weighted by molar-refractivity contribution is -0.122. The van der Waals surface area contributed by atoms with E-state index in [0.29, 0.717) is 46.7 Å². The third kappa shape index (κ3) is 5.58. The Hall–Kier alpha value is -3.66. The van der Waals surface area contributed by atoms with Gasteiger partial charge in [0.05, 0.1) is 30.8 Å². The Morgan fingerprint density at radius 3 is 2.70 bits per heavy atom. The van der Waals surface area contributed by atoms with Crippen LogP contribution >= 0.6 is 0 Å². The second kappa shape index (κ2) is 10.3. The molecule has 1 atom stereocenters. The molecule has 2 aromatic carbocycles. The first-order chi connectivity index (χ1) is 15.7. The number of carbonyl (C=O) groups excluding carboxylic acids is 1. The van der Waals surface area contributed by atoms with Crippen LogP contribution < -0.4 is 20.5 Å². The molecule has 0 fully saturated rings. The van der Waals surface area contributed by atoms with Crippen molar-refractivity contribution < 1.29 is 23.8 Å². The molecule has 0 aliphatic rings. The van der Waals surface area contributed by atoms with E-state index in [1.54, 1.807) is 19.1 Å². The van der Waals surface area contributed by atoms with Crippen LogP contribution in [0.25, 0.3) is 10.9 Å². The van der Waals surface area contributed by atoms with Gasteiger partial charge in [0.15, 0.2) is 11.5 Å². The summed E-state index contributed by atoms with van der Waals surface area (Å²) in [5.41, 5.74) is 6.51. The maximum absolute atomic E-state index is 14.4. The van der Waals surface area contributed by atoms with E-state index < -0.39 is 5.82 Å². The van der Waals surface area contributed by atoms with Gasteiger partial charge in [-0.3, -0.25) is 4.79 Å². The number of benzene rings is 2. The number of rotatable bonds is 10. The number of anilines is 2. The minimum absolute atomic E-state index is 0.0333. The van der Waals surface area contributed by atoms with Crippen molar-refractivity contribution >= 4 is 28.3 Å². The summed E-state index contributed by atoms with van der Waals surface area (Å²) in [6.45, 7) is 2.39. The molecule has 0 saturated heterocycles. The lowest BCUT2D eigenvalue weighted by Gasteiger charge is -2.19. The summed E-state index contributed by atoms with van der Waals surface area (Å²) in [6, 6.07) is 5.85. The van der Waals surface area contributed by atoms with Gasteiger partial charge in [-0.05, 0) is 45.6 Å². The normalized spacial score (nSPS) is 12.1. The number of phenolic OH excluding ortho intramolecular Hbond substituents is 1. The molecule has 0 saturated carbocycles. The molecule has 1 unspecified atom stereocenters. The lowest BCUT2D eigenvalue weighted by atomic mass is 10.1. The van der Waals surface area contributed by atoms with Gasteiger partial charge in [0, 0.05) is 23.6 Å². The Morgan fingerprint density at radius 1 is 1.27 bits per heavy atom. The summed E-state index contributed by atoms with van der Waals surface area (Å²) >= 11 is 0. The van der Waals surface area contributed by atoms with Crippen molar-refractivity contribution in [2.24, 2.45) is 11.7 Å². The van der Waals surface area contributed by atoms with Crippen molar-refractivity contribution in [2.45, 2.75) is 13.3 Å². The first-order valence-electron chi connectivity index (χ1n) is 10.4. The van der Waals surface area contributed by atoms with E-state index in [2.05, 4.69) is 15.3 Å². The zero-order chi connectivity index (χ0) is 24.1. The second-order valence-corrected chi connectivity index (χ2v) is 7.93. The maximum Gasteiger partial charge on any atom is 0.221 e. The van der Waals surface area contributed by atoms with Crippen molar-refractivity contribution in [2.75, 3.05) is 39.7 Å². The summed E-state index contributed by atoms with van der Waals surface area (Å²) in [5, 5.41) is 13.5. The molecule has 1 aromatic heterocycles. The highest BCUT2D eigenvalue weighted by atomic mass is 19.1. The first-order valence-corrected chi connectivity index (χ1v) is 10.4. The zero-order valence-corrected chi connectivity index (χ0v) is 19.1. The van der Waals surface area contributed by atoms with Gasteiger partial charge >= 0.3 is 0 Å². The highest BCUT2D eigenvalue weighted by Crippen LogP contribution is 2.36. The molecule has 3 rings (SSSR count). The Labute approximate surface area is 191 Å². The van der Waals surface area contributed by atoms with Gasteiger partial charge in [-0.15, -0.1) is 0 Å². The molecular formula is C23H28FN5O4. The smallest absolute Gasteiger partial charge is 0.221 e. The number of methoxy groups -OCH3 is 1. The summed E-state index contributed by atoms with van der Waals surface area (Å²) in [7, 11) is 5.25. The quantitative estimate of drug-likeness (QED) is 0.425. The summed E-state index contributed by atoms with van der Waals surface area (Å²) < 4.78 is 25.7. The third-order valence-corrected chi connectivity index (χ3v) is 5.26. The van der Waals surface area contributed by atoms with Gasteiger partial charge in [-0.1, -0.05) is 0 Å². The van der Waals surface area contributed by atoms with E-state index in [0.717, 1.165) is 0 Å². The molecule has 0 radical (unpaired) electrons. The van der Waals surface area contributed by atoms with E-state index >= 15 is 0 Å². The van der Waals surface area contributed by atoms with Gasteiger partial charge in [-0.25, -0.2) is 14.4 Å². The standard InChI is InChI=1S/C23H28FN5O4/c1-13-18(30)6-5-16(24)21(13)28-23-15-9-19(32-4)20(10-17(15)26-12-27-23)33-8-7-14(22(25)31)11-29(2)3/h5-6,9-10,12,14,30H,7-8,11H2,1-4H3,(H2,25,31)(H,26,27,28). The van der Waals surface area contributed by atoms with E-state index in [-0.39, 0.29) is 29.9 Å². The Morgan fingerprint density at radius 2 is 2.03 bits per heavy atom. The number of carbonyl (C=O) groups is 1. The molecule has 0 spiro atoms. The molecule has 0 bridgehead atoms. The molecule has 10 heteroatoms. The van der Waals surface area contributed by atoms with Crippen LogP contribution in [0.4, 0.5) is 15.9 Å². The summed E-state index contributed by atoms with van der Waals surface area (Å²) in [4.78, 5) is 22.1. The molecule has 9 nitrogen and oxygen atoms in total. The molecular weight excluding hydrogens is 429 g/mol. The zero-order valence-electron chi connectivity index (χ0n) is 19.1. The number of nitrogens with two attached hydrogens (primary N) is 1. The van der Waals surface area contributed by atoms with Crippen molar-refractivity contribution in [3.05, 3.63) is 42.0 Å². The topological polar surface area (TPSA) is 123 Å². The summed E-state index contributed by atoms with van der Waals surface area (Å²) in [5.74, 6) is -0.0585. The number of hydrogen-bond acceptors (Lipinski definition) is 8. The Kier molecular flexibility index (Phi) is 7.49. The number of aromatic hydroxyl groups is 1. The fourth-order valence-corrected chi connectivity index (χ4v) is 3.45. The predicted octanol–water partition coefficient (Wildman–Crippen LogP) is 2.97. The average Bonchev–Trinajstić information content (AvgIpc) is 2.77. The van der Waals surface area contributed by atoms with E-state index in [1.807, 2.05) is 19.0 Å². The van der Waals surface area contributed by atoms with Crippen LogP contribution in [0, 0.1) is 18.7 Å². The van der Waals surface area contributed by atoms with Crippen molar-refractivity contribution in [3.8, 4) is 17.2 Å². The molecule has 1 amide bonds. The van der Waals surface area contributed by atoms with Crippen LogP contribution in [0.3, 0.4) is 0 Å². The van der Waals surface area contributed by atoms with Gasteiger partial charge < -0.3 is 30.5 Å².